The van der Waals surface area contributed by atoms with Crippen molar-refractivity contribution in [3.05, 3.63) is 301 Å². The van der Waals surface area contributed by atoms with Gasteiger partial charge in [-0.05, 0) is 137 Å². The van der Waals surface area contributed by atoms with Gasteiger partial charge >= 0.3 is 0 Å². The van der Waals surface area contributed by atoms with Crippen LogP contribution in [-0.4, -0.2) is 0 Å². The molecule has 0 aliphatic heterocycles. The first kappa shape index (κ1) is 40.8. The minimum Gasteiger partial charge on any atom is -0.310 e. The zero-order valence-corrected chi connectivity index (χ0v) is 39.0. The fourth-order valence-corrected chi connectivity index (χ4v) is 12.0. The van der Waals surface area contributed by atoms with Crippen molar-refractivity contribution in [3.63, 3.8) is 0 Å². The summed E-state index contributed by atoms with van der Waals surface area (Å²) in [5.41, 5.74) is 13.4. The van der Waals surface area contributed by atoms with Crippen LogP contribution in [0.3, 0.4) is 0 Å². The summed E-state index contributed by atoms with van der Waals surface area (Å²) in [6.07, 6.45) is 0. The molecule has 0 heterocycles. The summed E-state index contributed by atoms with van der Waals surface area (Å²) < 4.78 is 0. The van der Waals surface area contributed by atoms with Crippen LogP contribution in [0.2, 0.25) is 0 Å². The maximum absolute atomic E-state index is 2.51. The van der Waals surface area contributed by atoms with Crippen LogP contribution in [0.4, 0.5) is 34.1 Å². The lowest BCUT2D eigenvalue weighted by atomic mass is 9.66. The van der Waals surface area contributed by atoms with Gasteiger partial charge in [-0.3, -0.25) is 0 Å². The van der Waals surface area contributed by atoms with Gasteiger partial charge in [0.15, 0.2) is 0 Å². The topological polar surface area (TPSA) is 6.48 Å². The molecule has 332 valence electrons. The molecule has 0 saturated carbocycles. The molecule has 2 heteroatoms. The average Bonchev–Trinajstić information content (AvgIpc) is 3.74. The van der Waals surface area contributed by atoms with Crippen molar-refractivity contribution in [3.8, 4) is 11.1 Å². The molecule has 13 aromatic rings. The van der Waals surface area contributed by atoms with Gasteiger partial charge in [0.05, 0.1) is 16.8 Å². The highest BCUT2D eigenvalue weighted by Gasteiger charge is 2.48. The van der Waals surface area contributed by atoms with Crippen molar-refractivity contribution in [2.75, 3.05) is 9.80 Å². The zero-order chi connectivity index (χ0) is 46.9. The molecule has 0 fully saturated rings. The van der Waals surface area contributed by atoms with Gasteiger partial charge < -0.3 is 9.80 Å². The maximum Gasteiger partial charge on any atom is 0.0721 e. The van der Waals surface area contributed by atoms with E-state index in [-0.39, 0.29) is 0 Å². The van der Waals surface area contributed by atoms with Crippen LogP contribution in [-0.2, 0) is 5.41 Å². The summed E-state index contributed by atoms with van der Waals surface area (Å²) >= 11 is 0. The molecule has 1 aliphatic rings. The third-order valence-electron chi connectivity index (χ3n) is 15.0. The lowest BCUT2D eigenvalue weighted by Gasteiger charge is -2.36. The zero-order valence-electron chi connectivity index (χ0n) is 39.0. The Labute approximate surface area is 413 Å². The summed E-state index contributed by atoms with van der Waals surface area (Å²) in [6.45, 7) is 0. The Morgan fingerprint density at radius 1 is 0.225 bits per heavy atom. The van der Waals surface area contributed by atoms with Crippen LogP contribution in [0.15, 0.2) is 279 Å². The third-order valence-corrected chi connectivity index (χ3v) is 15.0. The molecule has 0 radical (unpaired) electrons. The van der Waals surface area contributed by atoms with E-state index in [4.69, 9.17) is 0 Å². The van der Waals surface area contributed by atoms with Crippen molar-refractivity contribution in [2.24, 2.45) is 0 Å². The predicted molar refractivity (Wildman–Crippen MR) is 301 cm³/mol. The smallest absolute Gasteiger partial charge is 0.0721 e. The second-order valence-electron chi connectivity index (χ2n) is 18.8. The molecule has 2 nitrogen and oxygen atoms in total. The Morgan fingerprint density at radius 3 is 1.10 bits per heavy atom. The maximum atomic E-state index is 2.51. The third kappa shape index (κ3) is 6.35. The Bertz CT molecular complexity index is 3960. The lowest BCUT2D eigenvalue weighted by Crippen LogP contribution is -2.29. The highest BCUT2D eigenvalue weighted by atomic mass is 15.2. The molecule has 71 heavy (non-hydrogen) atoms. The monoisotopic (exact) mass is 902 g/mol. The highest BCUT2D eigenvalue weighted by Crippen LogP contribution is 2.60. The lowest BCUT2D eigenvalue weighted by molar-refractivity contribution is 0.776. The van der Waals surface area contributed by atoms with Gasteiger partial charge in [0, 0.05) is 33.5 Å². The molecule has 0 atom stereocenters. The molecule has 0 amide bonds. The van der Waals surface area contributed by atoms with Crippen LogP contribution in [0.25, 0.3) is 65.0 Å². The van der Waals surface area contributed by atoms with Crippen LogP contribution < -0.4 is 9.80 Å². The van der Waals surface area contributed by atoms with Gasteiger partial charge in [0.1, 0.15) is 0 Å². The van der Waals surface area contributed by atoms with Crippen molar-refractivity contribution in [1.29, 1.82) is 0 Å². The first-order chi connectivity index (χ1) is 35.2. The van der Waals surface area contributed by atoms with Gasteiger partial charge in [-0.15, -0.1) is 0 Å². The number of nitrogens with zero attached hydrogens (tertiary/aromatic N) is 2. The molecule has 1 aliphatic carbocycles. The second kappa shape index (κ2) is 16.5. The summed E-state index contributed by atoms with van der Waals surface area (Å²) in [5.74, 6) is 0. The van der Waals surface area contributed by atoms with Crippen LogP contribution in [0.5, 0.6) is 0 Å². The molecule has 14 rings (SSSR count). The largest absolute Gasteiger partial charge is 0.310 e. The molecular formula is C69H46N2. The predicted octanol–water partition coefficient (Wildman–Crippen LogP) is 18.8. The van der Waals surface area contributed by atoms with Crippen molar-refractivity contribution < 1.29 is 0 Å². The summed E-state index contributed by atoms with van der Waals surface area (Å²) in [7, 11) is 0. The van der Waals surface area contributed by atoms with E-state index in [1.54, 1.807) is 0 Å². The molecule has 13 aromatic carbocycles. The second-order valence-corrected chi connectivity index (χ2v) is 18.8. The first-order valence-corrected chi connectivity index (χ1v) is 24.6. The van der Waals surface area contributed by atoms with E-state index < -0.39 is 5.41 Å². The van der Waals surface area contributed by atoms with Gasteiger partial charge in [0.2, 0.25) is 0 Å². The molecular weight excluding hydrogens is 857 g/mol. The molecule has 0 N–H and O–H groups in total. The minimum atomic E-state index is -0.736. The number of rotatable bonds is 8. The SMILES string of the molecule is c1ccc(N(c2ccc3c(c2)C(c2ccccc2)(c2cccc4ccccc24)c2cc(N(c4ccccc4)c4cc5ccccc5c5ccccc45)ccc2-3)c2cc3ccccc3c3ccccc23)cc1. The van der Waals surface area contributed by atoms with Crippen molar-refractivity contribution in [2.45, 2.75) is 5.41 Å². The number of benzene rings is 13. The molecule has 0 spiro atoms. The summed E-state index contributed by atoms with van der Waals surface area (Å²) in [4.78, 5) is 4.95. The quantitative estimate of drug-likeness (QED) is 0.140. The van der Waals surface area contributed by atoms with Gasteiger partial charge in [0.25, 0.3) is 0 Å². The first-order valence-electron chi connectivity index (χ1n) is 24.6. The summed E-state index contributed by atoms with van der Waals surface area (Å²) in [6, 6.07) is 103. The Kier molecular flexibility index (Phi) is 9.47. The van der Waals surface area contributed by atoms with E-state index in [0.717, 1.165) is 34.1 Å². The number of fused-ring (bicyclic) bond motifs is 10. The molecule has 0 saturated heterocycles. The fourth-order valence-electron chi connectivity index (χ4n) is 12.0. The van der Waals surface area contributed by atoms with Gasteiger partial charge in [-0.25, -0.2) is 0 Å². The summed E-state index contributed by atoms with van der Waals surface area (Å²) in [5, 5.41) is 12.2. The van der Waals surface area contributed by atoms with Crippen molar-refractivity contribution in [1.82, 2.24) is 0 Å². The van der Waals surface area contributed by atoms with E-state index in [9.17, 15) is 0 Å². The number of para-hydroxylation sites is 2. The van der Waals surface area contributed by atoms with Crippen LogP contribution in [0, 0.1) is 0 Å². The molecule has 0 unspecified atom stereocenters. The van der Waals surface area contributed by atoms with E-state index >= 15 is 0 Å². The standard InChI is InChI=1S/C69H46N2/c1-4-25-50(26-5-1)69(64-38-20-24-47-21-10-15-33-57(47)64)65-45-53(70(51-27-6-2-7-28-51)67-43-48-22-11-13-31-55(48)58-34-16-18-36-62(58)67)39-41-60(65)61-42-40-54(46-66(61)69)71(52-29-8-3-9-30-52)68-44-49-23-12-14-32-56(49)59-35-17-19-37-63(59)68/h1-46H. The van der Waals surface area contributed by atoms with Gasteiger partial charge in [-0.1, -0.05) is 218 Å². The number of hydrogen-bond acceptors (Lipinski definition) is 2. The molecule has 0 aromatic heterocycles. The number of anilines is 6. The van der Waals surface area contributed by atoms with E-state index in [1.807, 2.05) is 0 Å². The minimum absolute atomic E-state index is 0.736. The van der Waals surface area contributed by atoms with E-state index in [0.29, 0.717) is 0 Å². The fraction of sp³-hybridized carbons (Fsp3) is 0.0145. The van der Waals surface area contributed by atoms with Crippen LogP contribution >= 0.6 is 0 Å². The Balaban J connectivity index is 1.08. The highest BCUT2D eigenvalue weighted by molar-refractivity contribution is 6.16. The van der Waals surface area contributed by atoms with Gasteiger partial charge in [-0.2, -0.15) is 0 Å². The normalized spacial score (nSPS) is 12.6. The Hall–Kier alpha value is -9.24. The van der Waals surface area contributed by atoms with E-state index in [2.05, 4.69) is 289 Å². The molecule has 0 bridgehead atoms. The Morgan fingerprint density at radius 2 is 0.606 bits per heavy atom. The number of hydrogen-bond donors (Lipinski definition) is 0. The van der Waals surface area contributed by atoms with Crippen molar-refractivity contribution >= 4 is 88.0 Å². The van der Waals surface area contributed by atoms with Crippen LogP contribution in [0.1, 0.15) is 22.3 Å². The average molecular weight is 903 g/mol. The van der Waals surface area contributed by atoms with E-state index in [1.165, 1.54) is 87.2 Å².